The number of anilines is 2. The van der Waals surface area contributed by atoms with Crippen LogP contribution in [0.5, 0.6) is 5.75 Å². The van der Waals surface area contributed by atoms with Gasteiger partial charge >= 0.3 is 0 Å². The molecule has 3 aromatic heterocycles. The van der Waals surface area contributed by atoms with E-state index in [9.17, 15) is 13.9 Å². The number of ether oxygens (including phenoxy) is 1. The third kappa shape index (κ3) is 4.22. The molecule has 0 spiro atoms. The summed E-state index contributed by atoms with van der Waals surface area (Å²) in [6.07, 6.45) is 1.18. The Kier molecular flexibility index (Phi) is 5.31. The van der Waals surface area contributed by atoms with E-state index in [1.54, 1.807) is 41.8 Å². The smallest absolute Gasteiger partial charge is 0.266 e. The summed E-state index contributed by atoms with van der Waals surface area (Å²) >= 11 is 0. The molecule has 0 saturated carbocycles. The van der Waals surface area contributed by atoms with Crippen LogP contribution in [0.1, 0.15) is 37.7 Å². The topological polar surface area (TPSA) is 120 Å². The molecule has 3 N–H and O–H groups in total. The number of nitrogen functional groups attached to an aromatic ring is 1. The molecule has 10 nitrogen and oxygen atoms in total. The molecule has 1 unspecified atom stereocenters. The second-order valence-corrected chi connectivity index (χ2v) is 9.75. The number of hydrogen-bond acceptors (Lipinski definition) is 8. The molecular formula is C23H28F2N8O2. The normalized spacial score (nSPS) is 18.5. The van der Waals surface area contributed by atoms with Crippen molar-refractivity contribution in [2.45, 2.75) is 51.2 Å². The summed E-state index contributed by atoms with van der Waals surface area (Å²) in [6.45, 7) is 5.27. The quantitative estimate of drug-likeness (QED) is 0.442. The first-order valence-corrected chi connectivity index (χ1v) is 11.3. The number of alkyl halides is 2. The zero-order valence-electron chi connectivity index (χ0n) is 20.0. The average Bonchev–Trinajstić information content (AvgIpc) is 3.37. The lowest BCUT2D eigenvalue weighted by molar-refractivity contribution is -0.0192. The average molecular weight is 487 g/mol. The molecule has 1 atom stereocenters. The zero-order valence-corrected chi connectivity index (χ0v) is 20.0. The van der Waals surface area contributed by atoms with Crippen LogP contribution < -0.4 is 15.4 Å². The number of hydrogen-bond donors (Lipinski definition) is 2. The minimum Gasteiger partial charge on any atom is -0.494 e. The SMILES string of the molecule is COc1cccc2c1nc(N)n1nc(C3CN(c4cnn(CC(C)(C)O)c4C)CC(F)(F)C3)nc21. The lowest BCUT2D eigenvalue weighted by Gasteiger charge is -2.37. The van der Waals surface area contributed by atoms with E-state index in [1.165, 1.54) is 11.6 Å². The Labute approximate surface area is 200 Å². The molecule has 0 aliphatic carbocycles. The summed E-state index contributed by atoms with van der Waals surface area (Å²) in [4.78, 5) is 10.6. The van der Waals surface area contributed by atoms with Crippen molar-refractivity contribution in [3.8, 4) is 5.75 Å². The van der Waals surface area contributed by atoms with Gasteiger partial charge in [0.05, 0.1) is 43.4 Å². The van der Waals surface area contributed by atoms with Crippen molar-refractivity contribution in [3.63, 3.8) is 0 Å². The molecule has 1 aromatic carbocycles. The van der Waals surface area contributed by atoms with Crippen LogP contribution >= 0.6 is 0 Å². The molecular weight excluding hydrogens is 458 g/mol. The van der Waals surface area contributed by atoms with Gasteiger partial charge in [0.1, 0.15) is 11.3 Å². The fourth-order valence-electron chi connectivity index (χ4n) is 4.71. The molecule has 1 saturated heterocycles. The second kappa shape index (κ2) is 8.01. The van der Waals surface area contributed by atoms with Gasteiger partial charge in [-0.1, -0.05) is 6.07 Å². The van der Waals surface area contributed by atoms with Crippen molar-refractivity contribution >= 4 is 28.2 Å². The van der Waals surface area contributed by atoms with E-state index >= 15 is 0 Å². The maximum Gasteiger partial charge on any atom is 0.266 e. The van der Waals surface area contributed by atoms with E-state index < -0.39 is 24.0 Å². The van der Waals surface area contributed by atoms with Gasteiger partial charge in [0.25, 0.3) is 5.92 Å². The Morgan fingerprint density at radius 1 is 1.29 bits per heavy atom. The predicted molar refractivity (Wildman–Crippen MR) is 127 cm³/mol. The van der Waals surface area contributed by atoms with Crippen LogP contribution in [0.25, 0.3) is 16.6 Å². The highest BCUT2D eigenvalue weighted by atomic mass is 19.3. The van der Waals surface area contributed by atoms with Gasteiger partial charge in [-0.25, -0.2) is 18.7 Å². The van der Waals surface area contributed by atoms with Crippen LogP contribution in [-0.2, 0) is 6.54 Å². The first kappa shape index (κ1) is 23.2. The van der Waals surface area contributed by atoms with Gasteiger partial charge in [-0.05, 0) is 32.9 Å². The first-order chi connectivity index (χ1) is 16.5. The highest BCUT2D eigenvalue weighted by Crippen LogP contribution is 2.39. The van der Waals surface area contributed by atoms with Crippen molar-refractivity contribution in [1.82, 2.24) is 29.4 Å². The number of piperidine rings is 1. The van der Waals surface area contributed by atoms with Crippen molar-refractivity contribution in [1.29, 1.82) is 0 Å². The van der Waals surface area contributed by atoms with Gasteiger partial charge in [0.2, 0.25) is 5.95 Å². The Bertz CT molecular complexity index is 1410. The highest BCUT2D eigenvalue weighted by Gasteiger charge is 2.43. The van der Waals surface area contributed by atoms with Crippen molar-refractivity contribution in [2.75, 3.05) is 30.8 Å². The standard InChI is InChI=1S/C23H28F2N8O2/c1-13-16(9-27-32(13)11-22(2,3)34)31-10-14(8-23(24,25)12-31)19-29-20-15-6-5-7-17(35-4)18(15)28-21(26)33(20)30-19/h5-7,9,14,34H,8,10-12H2,1-4H3,(H2,26,28). The Hall–Kier alpha value is -3.54. The number of benzene rings is 1. The fourth-order valence-corrected chi connectivity index (χ4v) is 4.71. The number of rotatable bonds is 5. The lowest BCUT2D eigenvalue weighted by atomic mass is 9.94. The van der Waals surface area contributed by atoms with E-state index in [1.807, 2.05) is 13.0 Å². The molecule has 1 fully saturated rings. The molecule has 1 aliphatic rings. The number of aromatic nitrogens is 6. The molecule has 5 rings (SSSR count). The van der Waals surface area contributed by atoms with Gasteiger partial charge in [-0.3, -0.25) is 4.68 Å². The summed E-state index contributed by atoms with van der Waals surface area (Å²) in [6, 6.07) is 5.39. The van der Waals surface area contributed by atoms with E-state index in [0.29, 0.717) is 33.7 Å². The third-order valence-corrected chi connectivity index (χ3v) is 6.25. The van der Waals surface area contributed by atoms with Gasteiger partial charge in [-0.15, -0.1) is 5.10 Å². The number of para-hydroxylation sites is 1. The zero-order chi connectivity index (χ0) is 25.1. The number of methoxy groups -OCH3 is 1. The van der Waals surface area contributed by atoms with Crippen LogP contribution in [0.15, 0.2) is 24.4 Å². The summed E-state index contributed by atoms with van der Waals surface area (Å²) in [5.74, 6) is -2.69. The van der Waals surface area contributed by atoms with Crippen molar-refractivity contribution in [3.05, 3.63) is 35.9 Å². The second-order valence-electron chi connectivity index (χ2n) is 9.75. The lowest BCUT2D eigenvalue weighted by Crippen LogP contribution is -2.46. The number of aliphatic hydroxyl groups is 1. The molecule has 4 aromatic rings. The third-order valence-electron chi connectivity index (χ3n) is 6.25. The molecule has 4 heterocycles. The number of fused-ring (bicyclic) bond motifs is 3. The minimum atomic E-state index is -2.96. The van der Waals surface area contributed by atoms with Gasteiger partial charge in [0.15, 0.2) is 11.5 Å². The van der Waals surface area contributed by atoms with Crippen molar-refractivity contribution < 1.29 is 18.6 Å². The van der Waals surface area contributed by atoms with Crippen molar-refractivity contribution in [2.24, 2.45) is 0 Å². The largest absolute Gasteiger partial charge is 0.494 e. The van der Waals surface area contributed by atoms with Crippen LogP contribution in [0.4, 0.5) is 20.4 Å². The van der Waals surface area contributed by atoms with E-state index in [-0.39, 0.29) is 31.3 Å². The molecule has 12 heteroatoms. The Morgan fingerprint density at radius 2 is 2.06 bits per heavy atom. The Morgan fingerprint density at radius 3 is 2.77 bits per heavy atom. The Balaban J connectivity index is 1.53. The first-order valence-electron chi connectivity index (χ1n) is 11.3. The van der Waals surface area contributed by atoms with Crippen LogP contribution in [0, 0.1) is 6.92 Å². The molecule has 0 radical (unpaired) electrons. The minimum absolute atomic E-state index is 0.0962. The van der Waals surface area contributed by atoms with Gasteiger partial charge in [0, 0.05) is 24.3 Å². The summed E-state index contributed by atoms with van der Waals surface area (Å²) in [7, 11) is 1.54. The predicted octanol–water partition coefficient (Wildman–Crippen LogP) is 2.77. The van der Waals surface area contributed by atoms with Crippen LogP contribution in [0.3, 0.4) is 0 Å². The number of nitrogens with two attached hydrogens (primary N) is 1. The summed E-state index contributed by atoms with van der Waals surface area (Å²) in [5.41, 5.74) is 7.43. The van der Waals surface area contributed by atoms with Crippen LogP contribution in [-0.4, -0.2) is 66.2 Å². The maximum absolute atomic E-state index is 14.9. The number of nitrogens with zero attached hydrogens (tertiary/aromatic N) is 7. The maximum atomic E-state index is 14.9. The molecule has 0 amide bonds. The van der Waals surface area contributed by atoms with Gasteiger partial charge in [-0.2, -0.15) is 9.61 Å². The molecule has 1 aliphatic heterocycles. The van der Waals surface area contributed by atoms with E-state index in [4.69, 9.17) is 10.5 Å². The van der Waals surface area contributed by atoms with Crippen LogP contribution in [0.2, 0.25) is 0 Å². The summed E-state index contributed by atoms with van der Waals surface area (Å²) in [5, 5.41) is 19.6. The summed E-state index contributed by atoms with van der Waals surface area (Å²) < 4.78 is 38.3. The molecule has 35 heavy (non-hydrogen) atoms. The van der Waals surface area contributed by atoms with E-state index in [2.05, 4.69) is 20.2 Å². The highest BCUT2D eigenvalue weighted by molar-refractivity contribution is 5.95. The number of halogens is 2. The molecule has 0 bridgehead atoms. The fraction of sp³-hybridized carbons (Fsp3) is 0.478. The van der Waals surface area contributed by atoms with Gasteiger partial charge < -0.3 is 20.5 Å². The van der Waals surface area contributed by atoms with E-state index in [0.717, 1.165) is 0 Å². The molecule has 186 valence electrons. The monoisotopic (exact) mass is 486 g/mol.